The van der Waals surface area contributed by atoms with Crippen molar-refractivity contribution in [2.24, 2.45) is 4.99 Å². The highest BCUT2D eigenvalue weighted by Crippen LogP contribution is 2.02. The van der Waals surface area contributed by atoms with Crippen LogP contribution in [0.15, 0.2) is 4.99 Å². The topological polar surface area (TPSA) is 58.9 Å². The highest BCUT2D eigenvalue weighted by Gasteiger charge is 2.22. The summed E-state index contributed by atoms with van der Waals surface area (Å²) in [5.41, 5.74) is 0. The van der Waals surface area contributed by atoms with Crippen LogP contribution in [0.1, 0.15) is 0 Å². The molecule has 0 radical (unpaired) electrons. The third-order valence-corrected chi connectivity index (χ3v) is 1.24. The van der Waals surface area contributed by atoms with Crippen molar-refractivity contribution in [1.29, 1.82) is 0 Å². The molecule has 0 saturated heterocycles. The lowest BCUT2D eigenvalue weighted by Crippen LogP contribution is -2.36. The van der Waals surface area contributed by atoms with E-state index in [-0.39, 0.29) is 5.17 Å². The molecule has 5 heteroatoms. The van der Waals surface area contributed by atoms with Crippen molar-refractivity contribution in [3.8, 4) is 0 Å². The molecule has 0 aromatic carbocycles. The van der Waals surface area contributed by atoms with E-state index in [2.05, 4.69) is 21.9 Å². The first kappa shape index (κ1) is 7.30. The first-order chi connectivity index (χ1) is 4.74. The zero-order valence-corrected chi connectivity index (χ0v) is 5.75. The van der Waals surface area contributed by atoms with Crippen LogP contribution in [0.3, 0.4) is 0 Å². The van der Waals surface area contributed by atoms with E-state index in [0.717, 1.165) is 0 Å². The predicted octanol–water partition coefficient (Wildman–Crippen LogP) is -0.699. The van der Waals surface area contributed by atoms with Gasteiger partial charge in [0.1, 0.15) is 6.10 Å². The molecule has 1 N–H and O–H groups in total. The number of aliphatic hydroxyl groups is 1. The van der Waals surface area contributed by atoms with E-state index in [0.29, 0.717) is 6.29 Å². The molecule has 0 aromatic rings. The second-order valence-electron chi connectivity index (χ2n) is 1.75. The molecule has 1 aliphatic rings. The van der Waals surface area contributed by atoms with Crippen LogP contribution < -0.4 is 0 Å². The van der Waals surface area contributed by atoms with Gasteiger partial charge in [0.15, 0.2) is 12.4 Å². The molecular weight excluding hydrogens is 154 g/mol. The van der Waals surface area contributed by atoms with Crippen molar-refractivity contribution in [1.82, 2.24) is 0 Å². The van der Waals surface area contributed by atoms with Crippen LogP contribution >= 0.6 is 12.2 Å². The Bertz CT molecular complexity index is 191. The van der Waals surface area contributed by atoms with Crippen LogP contribution in [0.25, 0.3) is 0 Å². The molecule has 54 valence electrons. The van der Waals surface area contributed by atoms with Gasteiger partial charge in [-0.2, -0.15) is 0 Å². The summed E-state index contributed by atoms with van der Waals surface area (Å²) < 4.78 is 4.66. The Labute approximate surface area is 62.5 Å². The molecule has 0 fully saturated rings. The van der Waals surface area contributed by atoms with E-state index in [9.17, 15) is 4.79 Å². The smallest absolute Gasteiger partial charge is 0.283 e. The maximum Gasteiger partial charge on any atom is 0.283 e. The van der Waals surface area contributed by atoms with Crippen LogP contribution in [0, 0.1) is 0 Å². The highest BCUT2D eigenvalue weighted by molar-refractivity contribution is 7.80. The fraction of sp³-hybridized carbons (Fsp3) is 0.400. The van der Waals surface area contributed by atoms with Crippen molar-refractivity contribution in [2.45, 2.75) is 12.2 Å². The number of aldehydes is 1. The molecule has 0 amide bonds. The number of carbonyl (C=O) groups is 1. The van der Waals surface area contributed by atoms with Gasteiger partial charge in [0.05, 0.1) is 0 Å². The molecule has 0 saturated carbocycles. The molecule has 0 bridgehead atoms. The Morgan fingerprint density at radius 1 is 1.90 bits per heavy atom. The molecule has 0 aromatic heterocycles. The molecule has 0 unspecified atom stereocenters. The Kier molecular flexibility index (Phi) is 2.08. The SMILES string of the molecule is O=C[C@H]1OC(=S)N=C[C@H]1O. The van der Waals surface area contributed by atoms with Gasteiger partial charge in [-0.15, -0.1) is 0 Å². The lowest BCUT2D eigenvalue weighted by molar-refractivity contribution is -0.117. The Morgan fingerprint density at radius 3 is 3.10 bits per heavy atom. The molecule has 1 heterocycles. The number of nitrogens with zero attached hydrogens (tertiary/aromatic N) is 1. The van der Waals surface area contributed by atoms with Crippen LogP contribution in [0.2, 0.25) is 0 Å². The van der Waals surface area contributed by atoms with Gasteiger partial charge in [-0.1, -0.05) is 0 Å². The number of thiocarbonyl (C=S) groups is 1. The lowest BCUT2D eigenvalue weighted by atomic mass is 10.2. The summed E-state index contributed by atoms with van der Waals surface area (Å²) in [4.78, 5) is 13.6. The van der Waals surface area contributed by atoms with E-state index >= 15 is 0 Å². The molecule has 0 spiro atoms. The van der Waals surface area contributed by atoms with E-state index in [4.69, 9.17) is 5.11 Å². The molecule has 4 nitrogen and oxygen atoms in total. The van der Waals surface area contributed by atoms with Crippen LogP contribution in [0.5, 0.6) is 0 Å². The van der Waals surface area contributed by atoms with Crippen LogP contribution in [-0.2, 0) is 9.53 Å². The average molecular weight is 159 g/mol. The molecule has 10 heavy (non-hydrogen) atoms. The monoisotopic (exact) mass is 159 g/mol. The summed E-state index contributed by atoms with van der Waals surface area (Å²) in [6.07, 6.45) is -0.179. The van der Waals surface area contributed by atoms with Crippen molar-refractivity contribution < 1.29 is 14.6 Å². The maximum atomic E-state index is 10.1. The van der Waals surface area contributed by atoms with Crippen molar-refractivity contribution in [3.05, 3.63) is 0 Å². The van der Waals surface area contributed by atoms with Gasteiger partial charge >= 0.3 is 0 Å². The summed E-state index contributed by atoms with van der Waals surface area (Å²) >= 11 is 4.51. The number of carbonyl (C=O) groups excluding carboxylic acids is 1. The van der Waals surface area contributed by atoms with Gasteiger partial charge in [0.25, 0.3) is 5.17 Å². The molecule has 2 atom stereocenters. The first-order valence-electron chi connectivity index (χ1n) is 2.62. The standard InChI is InChI=1S/C5H5NO3S/c7-2-4-3(8)1-6-5(10)9-4/h1-4,8H/t3-,4-/m1/s1. The predicted molar refractivity (Wildman–Crippen MR) is 38.0 cm³/mol. The fourth-order valence-electron chi connectivity index (χ4n) is 0.547. The van der Waals surface area contributed by atoms with Gasteiger partial charge < -0.3 is 9.84 Å². The highest BCUT2D eigenvalue weighted by atomic mass is 32.1. The maximum absolute atomic E-state index is 10.1. The largest absolute Gasteiger partial charge is 0.455 e. The lowest BCUT2D eigenvalue weighted by Gasteiger charge is -2.18. The van der Waals surface area contributed by atoms with Crippen LogP contribution in [0.4, 0.5) is 0 Å². The first-order valence-corrected chi connectivity index (χ1v) is 3.03. The number of ether oxygens (including phenoxy) is 1. The third kappa shape index (κ3) is 1.37. The number of hydrogen-bond acceptors (Lipinski definition) is 4. The number of aliphatic imine (C=N–C) groups is 1. The van der Waals surface area contributed by atoms with Crippen molar-refractivity contribution >= 4 is 29.9 Å². The van der Waals surface area contributed by atoms with Crippen LogP contribution in [-0.4, -0.2) is 35.0 Å². The van der Waals surface area contributed by atoms with Gasteiger partial charge in [-0.25, -0.2) is 4.99 Å². The minimum Gasteiger partial charge on any atom is -0.455 e. The number of aliphatic hydroxyl groups excluding tert-OH is 1. The summed E-state index contributed by atoms with van der Waals surface area (Å²) in [5, 5.41) is 8.91. The minimum atomic E-state index is -0.968. The van der Waals surface area contributed by atoms with E-state index in [1.165, 1.54) is 6.21 Å². The Morgan fingerprint density at radius 2 is 2.60 bits per heavy atom. The Hall–Kier alpha value is -0.810. The second-order valence-corrected chi connectivity index (χ2v) is 2.10. The summed E-state index contributed by atoms with van der Waals surface area (Å²) in [6.45, 7) is 0. The van der Waals surface area contributed by atoms with Gasteiger partial charge in [-0.3, -0.25) is 4.79 Å². The van der Waals surface area contributed by atoms with E-state index < -0.39 is 12.2 Å². The fourth-order valence-corrected chi connectivity index (χ4v) is 0.719. The summed E-state index contributed by atoms with van der Waals surface area (Å²) in [7, 11) is 0. The van der Waals surface area contributed by atoms with Crippen molar-refractivity contribution in [3.63, 3.8) is 0 Å². The zero-order chi connectivity index (χ0) is 7.56. The normalized spacial score (nSPS) is 31.5. The number of hydrogen-bond donors (Lipinski definition) is 1. The molecule has 1 rings (SSSR count). The molecular formula is C5H5NO3S. The molecule has 1 aliphatic heterocycles. The minimum absolute atomic E-state index is 0.0117. The third-order valence-electron chi connectivity index (χ3n) is 1.04. The van der Waals surface area contributed by atoms with E-state index in [1.54, 1.807) is 0 Å². The van der Waals surface area contributed by atoms with Crippen molar-refractivity contribution in [2.75, 3.05) is 0 Å². The quantitative estimate of drug-likeness (QED) is 0.406. The average Bonchev–Trinajstić information content (AvgIpc) is 1.94. The summed E-state index contributed by atoms with van der Waals surface area (Å²) in [5.74, 6) is 0. The van der Waals surface area contributed by atoms with E-state index in [1.807, 2.05) is 0 Å². The van der Waals surface area contributed by atoms with Gasteiger partial charge in [-0.05, 0) is 12.2 Å². The van der Waals surface area contributed by atoms with Gasteiger partial charge in [0.2, 0.25) is 0 Å². The zero-order valence-electron chi connectivity index (χ0n) is 4.93. The summed E-state index contributed by atoms with van der Waals surface area (Å²) in [6, 6.07) is 0. The van der Waals surface area contributed by atoms with Gasteiger partial charge in [0, 0.05) is 6.21 Å². The molecule has 0 aliphatic carbocycles. The number of rotatable bonds is 1. The second kappa shape index (κ2) is 2.85. The Balaban J connectivity index is 2.70.